The van der Waals surface area contributed by atoms with Gasteiger partial charge in [0.05, 0.1) is 0 Å². The molecule has 0 aliphatic carbocycles. The van der Waals surface area contributed by atoms with Crippen molar-refractivity contribution >= 4 is 25.0 Å². The van der Waals surface area contributed by atoms with Gasteiger partial charge in [-0.05, 0) is 37.7 Å². The van der Waals surface area contributed by atoms with E-state index in [-0.39, 0.29) is 42.7 Å². The van der Waals surface area contributed by atoms with E-state index in [1.165, 1.54) is 11.3 Å². The zero-order chi connectivity index (χ0) is 15.1. The van der Waals surface area contributed by atoms with E-state index in [1.807, 2.05) is 0 Å². The van der Waals surface area contributed by atoms with E-state index >= 15 is 0 Å². The summed E-state index contributed by atoms with van der Waals surface area (Å²) in [5.74, 6) is 0. The third kappa shape index (κ3) is 3.58. The van der Waals surface area contributed by atoms with Crippen molar-refractivity contribution in [3.63, 3.8) is 0 Å². The minimum absolute atomic E-state index is 0. The molecule has 2 aromatic carbocycles. The van der Waals surface area contributed by atoms with Gasteiger partial charge >= 0.3 is 22.4 Å². The smallest absolute Gasteiger partial charge is 1.00 e. The van der Waals surface area contributed by atoms with Gasteiger partial charge in [0.25, 0.3) is 0 Å². The van der Waals surface area contributed by atoms with Gasteiger partial charge in [0.15, 0.2) is 0 Å². The molecule has 1 fully saturated rings. The molecule has 24 heavy (non-hydrogen) atoms. The summed E-state index contributed by atoms with van der Waals surface area (Å²) in [6.45, 7) is 4.76. The van der Waals surface area contributed by atoms with Crippen molar-refractivity contribution in [2.24, 2.45) is 0 Å². The molecule has 4 atom stereocenters. The average molecular weight is 557 g/mol. The molecule has 4 rings (SSSR count). The Labute approximate surface area is 172 Å². The van der Waals surface area contributed by atoms with Gasteiger partial charge in [-0.15, -0.1) is 11.8 Å². The first kappa shape index (κ1) is 20.3. The molecule has 2 aliphatic rings. The molecule has 2 heterocycles. The van der Waals surface area contributed by atoms with Crippen molar-refractivity contribution in [1.29, 1.82) is 0 Å². The largest absolute Gasteiger partial charge is 1.00 e. The van der Waals surface area contributed by atoms with Crippen LogP contribution < -0.4 is 17.7 Å². The number of halogens is 1. The maximum absolute atomic E-state index is 2.38. The first-order valence-electron chi connectivity index (χ1n) is 7.98. The molecule has 1 saturated heterocycles. The SMILES string of the molecule is CC1=C(C)C2C(Sc3ccccc3)CC1P2c1ccccc1.[Au+].[Cl-]. The van der Waals surface area contributed by atoms with E-state index in [4.69, 9.17) is 0 Å². The fourth-order valence-electron chi connectivity index (χ4n) is 3.93. The van der Waals surface area contributed by atoms with Gasteiger partial charge in [-0.1, -0.05) is 67.6 Å². The molecule has 4 heteroatoms. The predicted octanol–water partition coefficient (Wildman–Crippen LogP) is 2.45. The predicted molar refractivity (Wildman–Crippen MR) is 99.7 cm³/mol. The molecule has 2 bridgehead atoms. The molecule has 0 spiro atoms. The number of rotatable bonds is 3. The molecule has 0 aromatic heterocycles. The van der Waals surface area contributed by atoms with Gasteiger partial charge in [0.1, 0.15) is 0 Å². The van der Waals surface area contributed by atoms with Gasteiger partial charge in [-0.25, -0.2) is 0 Å². The molecule has 0 amide bonds. The monoisotopic (exact) mass is 556 g/mol. The summed E-state index contributed by atoms with van der Waals surface area (Å²) < 4.78 is 0. The summed E-state index contributed by atoms with van der Waals surface area (Å²) in [5, 5.41) is 2.35. The van der Waals surface area contributed by atoms with Crippen LogP contribution >= 0.6 is 19.7 Å². The second-order valence-corrected chi connectivity index (χ2v) is 10.1. The standard InChI is InChI=1S/C20H21PS.Au.ClH/c1-14-15(2)20-19(22-17-11-7-4-8-12-17)13-18(14)21(20)16-9-5-3-6-10-16;;/h3-12,18-20H,13H2,1-2H3;;1H/q;+1;/p-1. The molecule has 0 N–H and O–H groups in total. The van der Waals surface area contributed by atoms with Crippen LogP contribution in [0.3, 0.4) is 0 Å². The average Bonchev–Trinajstić information content (AvgIpc) is 3.04. The Morgan fingerprint density at radius 2 is 1.46 bits per heavy atom. The Bertz CT molecular complexity index is 704. The van der Waals surface area contributed by atoms with Crippen LogP contribution in [-0.4, -0.2) is 16.6 Å². The molecule has 130 valence electrons. The zero-order valence-corrected chi connectivity index (χ0v) is 18.4. The van der Waals surface area contributed by atoms with Gasteiger partial charge in [-0.2, -0.15) is 0 Å². The van der Waals surface area contributed by atoms with Crippen LogP contribution in [0.25, 0.3) is 0 Å². The normalized spacial score (nSPS) is 27.6. The minimum atomic E-state index is -0.0607. The minimum Gasteiger partial charge on any atom is -1.00 e. The van der Waals surface area contributed by atoms with Crippen LogP contribution in [0.2, 0.25) is 0 Å². The van der Waals surface area contributed by atoms with Gasteiger partial charge < -0.3 is 12.4 Å². The van der Waals surface area contributed by atoms with E-state index in [9.17, 15) is 0 Å². The fourth-order valence-corrected chi connectivity index (χ4v) is 9.70. The topological polar surface area (TPSA) is 0 Å². The van der Waals surface area contributed by atoms with Crippen molar-refractivity contribution in [1.82, 2.24) is 0 Å². The van der Waals surface area contributed by atoms with E-state index < -0.39 is 0 Å². The van der Waals surface area contributed by atoms with Crippen molar-refractivity contribution in [3.05, 3.63) is 71.8 Å². The van der Waals surface area contributed by atoms with Crippen molar-refractivity contribution < 1.29 is 34.8 Å². The van der Waals surface area contributed by atoms with Crippen LogP contribution in [0.4, 0.5) is 0 Å². The molecular weight excluding hydrogens is 536 g/mol. The molecular formula is C20H21AuClPS. The summed E-state index contributed by atoms with van der Waals surface area (Å²) >= 11 is 2.10. The van der Waals surface area contributed by atoms with E-state index in [2.05, 4.69) is 86.3 Å². The van der Waals surface area contributed by atoms with E-state index in [0.29, 0.717) is 0 Å². The molecule has 0 nitrogen and oxygen atoms in total. The van der Waals surface area contributed by atoms with Crippen LogP contribution in [-0.2, 0) is 22.4 Å². The number of fused-ring (bicyclic) bond motifs is 2. The van der Waals surface area contributed by atoms with Gasteiger partial charge in [0.2, 0.25) is 0 Å². The Kier molecular flexibility index (Phi) is 7.26. The van der Waals surface area contributed by atoms with Crippen LogP contribution in [0.1, 0.15) is 20.3 Å². The van der Waals surface area contributed by atoms with Crippen LogP contribution in [0.5, 0.6) is 0 Å². The second-order valence-electron chi connectivity index (χ2n) is 6.27. The maximum atomic E-state index is 2.38. The summed E-state index contributed by atoms with van der Waals surface area (Å²) in [7, 11) is -0.0607. The Morgan fingerprint density at radius 3 is 2.08 bits per heavy atom. The first-order chi connectivity index (χ1) is 10.8. The van der Waals surface area contributed by atoms with Gasteiger partial charge in [-0.3, -0.25) is 0 Å². The maximum Gasteiger partial charge on any atom is 1.00 e. The quantitative estimate of drug-likeness (QED) is 0.318. The molecule has 2 aliphatic heterocycles. The number of benzene rings is 2. The van der Waals surface area contributed by atoms with E-state index in [0.717, 1.165) is 16.6 Å². The van der Waals surface area contributed by atoms with Crippen molar-refractivity contribution in [3.8, 4) is 0 Å². The fraction of sp³-hybridized carbons (Fsp3) is 0.300. The Morgan fingerprint density at radius 1 is 0.875 bits per heavy atom. The van der Waals surface area contributed by atoms with Crippen molar-refractivity contribution in [2.75, 3.05) is 0 Å². The number of allylic oxidation sites excluding steroid dienone is 2. The zero-order valence-electron chi connectivity index (χ0n) is 13.7. The number of thioether (sulfide) groups is 1. The number of hydrogen-bond donors (Lipinski definition) is 0. The molecule has 0 radical (unpaired) electrons. The van der Waals surface area contributed by atoms with Gasteiger partial charge in [0, 0.05) is 21.5 Å². The summed E-state index contributed by atoms with van der Waals surface area (Å²) in [4.78, 5) is 1.42. The van der Waals surface area contributed by atoms with Crippen LogP contribution in [0.15, 0.2) is 76.7 Å². The third-order valence-corrected chi connectivity index (χ3v) is 10.1. The summed E-state index contributed by atoms with van der Waals surface area (Å²) in [6, 6.07) is 22.2. The number of hydrogen-bond acceptors (Lipinski definition) is 1. The third-order valence-electron chi connectivity index (χ3n) is 5.09. The Hall–Kier alpha value is -0.00974. The second kappa shape index (κ2) is 8.58. The Balaban J connectivity index is 0.00000104. The molecule has 4 unspecified atom stereocenters. The summed E-state index contributed by atoms with van der Waals surface area (Å²) in [6.07, 6.45) is 1.36. The van der Waals surface area contributed by atoms with Crippen molar-refractivity contribution in [2.45, 2.75) is 41.7 Å². The summed E-state index contributed by atoms with van der Waals surface area (Å²) in [5.41, 5.74) is 4.95. The van der Waals surface area contributed by atoms with E-state index in [1.54, 1.807) is 16.5 Å². The first-order valence-corrected chi connectivity index (χ1v) is 10.3. The molecule has 0 saturated carbocycles. The van der Waals surface area contributed by atoms with Crippen LogP contribution in [0, 0.1) is 0 Å². The molecule has 2 aromatic rings.